The molecule has 1 amide bonds. The Morgan fingerprint density at radius 2 is 1.64 bits per heavy atom. The first kappa shape index (κ1) is 16.2. The van der Waals surface area contributed by atoms with Gasteiger partial charge in [0.2, 0.25) is 0 Å². The largest absolute Gasteiger partial charge is 0.446 e. The number of para-hydroxylation sites is 1. The number of hydrogen-bond donors (Lipinski definition) is 0. The predicted octanol–water partition coefficient (Wildman–Crippen LogP) is 4.93. The lowest BCUT2D eigenvalue weighted by Crippen LogP contribution is -2.29. The Morgan fingerprint density at radius 3 is 2.18 bits per heavy atom. The van der Waals surface area contributed by atoms with E-state index < -0.39 is 11.6 Å². The number of amides is 1. The Kier molecular flexibility index (Phi) is 4.97. The van der Waals surface area contributed by atoms with E-state index >= 15 is 0 Å². The SMILES string of the molecule is CN(C(=O)Oc1ccc(SC(F)(F)F)cc1)c1ccccc1. The van der Waals surface area contributed by atoms with E-state index in [1.165, 1.54) is 29.2 Å². The fourth-order valence-electron chi connectivity index (χ4n) is 1.64. The van der Waals surface area contributed by atoms with Crippen LogP contribution in [0.1, 0.15) is 0 Å². The molecule has 0 spiro atoms. The Labute approximate surface area is 129 Å². The topological polar surface area (TPSA) is 29.5 Å². The summed E-state index contributed by atoms with van der Waals surface area (Å²) in [6.45, 7) is 0. The molecule has 0 fully saturated rings. The summed E-state index contributed by atoms with van der Waals surface area (Å²) in [6, 6.07) is 14.0. The smallest absolute Gasteiger partial charge is 0.410 e. The minimum absolute atomic E-state index is 0.0312. The van der Waals surface area contributed by atoms with Crippen LogP contribution in [0.2, 0.25) is 0 Å². The first-order valence-electron chi connectivity index (χ1n) is 6.21. The Bertz CT molecular complexity index is 629. The maximum Gasteiger partial charge on any atom is 0.446 e. The number of rotatable bonds is 3. The van der Waals surface area contributed by atoms with Crippen molar-refractivity contribution in [3.8, 4) is 5.75 Å². The van der Waals surface area contributed by atoms with E-state index in [1.807, 2.05) is 6.07 Å². The second kappa shape index (κ2) is 6.74. The van der Waals surface area contributed by atoms with Crippen molar-refractivity contribution in [3.63, 3.8) is 0 Å². The molecule has 0 aromatic heterocycles. The van der Waals surface area contributed by atoms with Crippen LogP contribution in [0.25, 0.3) is 0 Å². The summed E-state index contributed by atoms with van der Waals surface area (Å²) in [5, 5.41) is 0. The third-order valence-electron chi connectivity index (χ3n) is 2.68. The van der Waals surface area contributed by atoms with Gasteiger partial charge in [-0.2, -0.15) is 13.2 Å². The van der Waals surface area contributed by atoms with Gasteiger partial charge in [-0.3, -0.25) is 4.90 Å². The normalized spacial score (nSPS) is 11.1. The van der Waals surface area contributed by atoms with Gasteiger partial charge in [0.25, 0.3) is 0 Å². The predicted molar refractivity (Wildman–Crippen MR) is 79.2 cm³/mol. The quantitative estimate of drug-likeness (QED) is 0.748. The molecule has 3 nitrogen and oxygen atoms in total. The van der Waals surface area contributed by atoms with Gasteiger partial charge in [-0.15, -0.1) is 0 Å². The van der Waals surface area contributed by atoms with Gasteiger partial charge in [-0.1, -0.05) is 18.2 Å². The van der Waals surface area contributed by atoms with Crippen LogP contribution < -0.4 is 9.64 Å². The highest BCUT2D eigenvalue weighted by atomic mass is 32.2. The summed E-state index contributed by atoms with van der Waals surface area (Å²) >= 11 is -0.219. The Morgan fingerprint density at radius 1 is 1.05 bits per heavy atom. The molecule has 0 N–H and O–H groups in total. The van der Waals surface area contributed by atoms with E-state index in [-0.39, 0.29) is 22.4 Å². The second-order valence-electron chi connectivity index (χ2n) is 4.28. The van der Waals surface area contributed by atoms with Crippen LogP contribution in [0.3, 0.4) is 0 Å². The molecule has 0 unspecified atom stereocenters. The third-order valence-corrected chi connectivity index (χ3v) is 3.42. The molecule has 0 bridgehead atoms. The number of halogens is 3. The lowest BCUT2D eigenvalue weighted by atomic mass is 10.3. The number of carbonyl (C=O) groups is 1. The van der Waals surface area contributed by atoms with Gasteiger partial charge in [0, 0.05) is 17.6 Å². The Balaban J connectivity index is 2.00. The summed E-state index contributed by atoms with van der Waals surface area (Å²) in [6.07, 6.45) is -0.623. The molecule has 0 aliphatic carbocycles. The first-order valence-corrected chi connectivity index (χ1v) is 7.03. The van der Waals surface area contributed by atoms with Crippen LogP contribution in [-0.4, -0.2) is 18.6 Å². The van der Waals surface area contributed by atoms with Gasteiger partial charge in [-0.25, -0.2) is 4.79 Å². The van der Waals surface area contributed by atoms with E-state index in [0.29, 0.717) is 5.69 Å². The van der Waals surface area contributed by atoms with Gasteiger partial charge in [0.15, 0.2) is 0 Å². The second-order valence-corrected chi connectivity index (χ2v) is 5.42. The number of nitrogens with zero attached hydrogens (tertiary/aromatic N) is 1. The maximum atomic E-state index is 12.2. The molecule has 2 rings (SSSR count). The summed E-state index contributed by atoms with van der Waals surface area (Å²) in [5.74, 6) is 0.180. The number of ether oxygens (including phenoxy) is 1. The van der Waals surface area contributed by atoms with E-state index in [9.17, 15) is 18.0 Å². The standard InChI is InChI=1S/C15H12F3NO2S/c1-19(11-5-3-2-4-6-11)14(20)21-12-7-9-13(10-8-12)22-15(16,17)18/h2-10H,1H3. The zero-order valence-corrected chi connectivity index (χ0v) is 12.3. The number of carbonyl (C=O) groups excluding carboxylic acids is 1. The van der Waals surface area contributed by atoms with Crippen LogP contribution in [0.4, 0.5) is 23.7 Å². The van der Waals surface area contributed by atoms with E-state index in [4.69, 9.17) is 4.74 Å². The van der Waals surface area contributed by atoms with Crippen molar-refractivity contribution in [2.24, 2.45) is 0 Å². The third kappa shape index (κ3) is 4.70. The molecule has 22 heavy (non-hydrogen) atoms. The molecule has 2 aromatic rings. The van der Waals surface area contributed by atoms with Crippen molar-refractivity contribution < 1.29 is 22.7 Å². The fourth-order valence-corrected chi connectivity index (χ4v) is 2.18. The van der Waals surface area contributed by atoms with Crippen LogP contribution in [0.15, 0.2) is 59.5 Å². The minimum Gasteiger partial charge on any atom is -0.410 e. The maximum absolute atomic E-state index is 12.2. The van der Waals surface area contributed by atoms with Crippen LogP contribution in [-0.2, 0) is 0 Å². The molecule has 0 aliphatic rings. The average Bonchev–Trinajstić information content (AvgIpc) is 2.48. The average molecular weight is 327 g/mol. The lowest BCUT2D eigenvalue weighted by Gasteiger charge is -2.16. The van der Waals surface area contributed by atoms with Crippen molar-refractivity contribution >= 4 is 23.5 Å². The van der Waals surface area contributed by atoms with Crippen molar-refractivity contribution in [2.45, 2.75) is 10.4 Å². The van der Waals surface area contributed by atoms with Crippen molar-refractivity contribution in [2.75, 3.05) is 11.9 Å². The molecule has 0 aliphatic heterocycles. The number of benzene rings is 2. The zero-order valence-electron chi connectivity index (χ0n) is 11.5. The molecule has 0 saturated heterocycles. The summed E-state index contributed by atoms with van der Waals surface area (Å²) in [4.78, 5) is 13.3. The molecule has 2 aromatic carbocycles. The van der Waals surface area contributed by atoms with Gasteiger partial charge in [-0.05, 0) is 48.2 Å². The van der Waals surface area contributed by atoms with Gasteiger partial charge >= 0.3 is 11.6 Å². The highest BCUT2D eigenvalue weighted by molar-refractivity contribution is 8.00. The van der Waals surface area contributed by atoms with Crippen molar-refractivity contribution in [3.05, 3.63) is 54.6 Å². The molecule has 0 saturated carbocycles. The van der Waals surface area contributed by atoms with Gasteiger partial charge in [0.05, 0.1) is 0 Å². The van der Waals surface area contributed by atoms with Gasteiger partial charge < -0.3 is 4.74 Å². The number of thioether (sulfide) groups is 1. The van der Waals surface area contributed by atoms with Crippen LogP contribution >= 0.6 is 11.8 Å². The summed E-state index contributed by atoms with van der Waals surface area (Å²) < 4.78 is 41.8. The molecular formula is C15H12F3NO2S. The zero-order chi connectivity index (χ0) is 16.2. The number of anilines is 1. The molecule has 0 atom stereocenters. The number of alkyl halides is 3. The van der Waals surface area contributed by atoms with Crippen LogP contribution in [0, 0.1) is 0 Å². The molecule has 7 heteroatoms. The molecule has 0 radical (unpaired) electrons. The van der Waals surface area contributed by atoms with Crippen molar-refractivity contribution in [1.29, 1.82) is 0 Å². The van der Waals surface area contributed by atoms with E-state index in [2.05, 4.69) is 0 Å². The number of hydrogen-bond acceptors (Lipinski definition) is 3. The summed E-state index contributed by atoms with van der Waals surface area (Å²) in [5.41, 5.74) is -3.69. The molecule has 0 heterocycles. The highest BCUT2D eigenvalue weighted by Gasteiger charge is 2.29. The highest BCUT2D eigenvalue weighted by Crippen LogP contribution is 2.37. The fraction of sp³-hybridized carbons (Fsp3) is 0.133. The van der Waals surface area contributed by atoms with E-state index in [0.717, 1.165) is 0 Å². The Hall–Kier alpha value is -2.15. The van der Waals surface area contributed by atoms with Crippen LogP contribution in [0.5, 0.6) is 5.75 Å². The first-order chi connectivity index (χ1) is 10.3. The van der Waals surface area contributed by atoms with E-state index in [1.54, 1.807) is 31.3 Å². The lowest BCUT2D eigenvalue weighted by molar-refractivity contribution is -0.0328. The summed E-state index contributed by atoms with van der Waals surface area (Å²) in [7, 11) is 1.55. The van der Waals surface area contributed by atoms with Crippen molar-refractivity contribution in [1.82, 2.24) is 0 Å². The minimum atomic E-state index is -4.34. The van der Waals surface area contributed by atoms with Gasteiger partial charge in [0.1, 0.15) is 5.75 Å². The molecule has 116 valence electrons. The monoisotopic (exact) mass is 327 g/mol. The molecular weight excluding hydrogens is 315 g/mol.